The lowest BCUT2D eigenvalue weighted by Gasteiger charge is -2.27. The molecule has 2 bridgehead atoms. The molecule has 0 aromatic heterocycles. The molecule has 0 amide bonds. The highest BCUT2D eigenvalue weighted by molar-refractivity contribution is 8.01. The number of rotatable bonds is 4. The lowest BCUT2D eigenvalue weighted by atomic mass is 9.85. The van der Waals surface area contributed by atoms with E-state index in [9.17, 15) is 9.59 Å². The first-order chi connectivity index (χ1) is 9.42. The summed E-state index contributed by atoms with van der Waals surface area (Å²) in [6.07, 6.45) is 0.867. The van der Waals surface area contributed by atoms with Crippen LogP contribution in [-0.4, -0.2) is 41.4 Å². The third-order valence-electron chi connectivity index (χ3n) is 4.68. The van der Waals surface area contributed by atoms with Gasteiger partial charge in [0, 0.05) is 11.2 Å². The van der Waals surface area contributed by atoms with E-state index in [1.165, 1.54) is 0 Å². The Morgan fingerprint density at radius 2 is 2.10 bits per heavy atom. The lowest BCUT2D eigenvalue weighted by Crippen LogP contribution is -2.41. The first kappa shape index (κ1) is 14.0. The van der Waals surface area contributed by atoms with Crippen LogP contribution in [0.15, 0.2) is 0 Å². The van der Waals surface area contributed by atoms with Crippen molar-refractivity contribution in [2.75, 3.05) is 6.61 Å². The largest absolute Gasteiger partial charge is 0.509 e. The smallest absolute Gasteiger partial charge is 0.465 e. The normalized spacial score (nSPS) is 38.4. The van der Waals surface area contributed by atoms with Gasteiger partial charge in [0.1, 0.15) is 0 Å². The van der Waals surface area contributed by atoms with Crippen LogP contribution in [0.2, 0.25) is 0 Å². The Kier molecular flexibility index (Phi) is 3.39. The molecule has 5 nitrogen and oxygen atoms in total. The first-order valence-electron chi connectivity index (χ1n) is 7.12. The summed E-state index contributed by atoms with van der Waals surface area (Å²) in [7, 11) is 0. The van der Waals surface area contributed by atoms with E-state index in [0.717, 1.165) is 12.8 Å². The Morgan fingerprint density at radius 1 is 1.40 bits per heavy atom. The molecule has 5 unspecified atom stereocenters. The van der Waals surface area contributed by atoms with Crippen molar-refractivity contribution in [2.45, 2.75) is 56.3 Å². The summed E-state index contributed by atoms with van der Waals surface area (Å²) in [5.74, 6) is 0.112. The van der Waals surface area contributed by atoms with Gasteiger partial charge in [-0.05, 0) is 26.7 Å². The zero-order valence-electron chi connectivity index (χ0n) is 12.0. The Bertz CT molecular complexity index is 435. The van der Waals surface area contributed by atoms with Crippen molar-refractivity contribution in [3.8, 4) is 0 Å². The van der Waals surface area contributed by atoms with Crippen molar-refractivity contribution >= 4 is 23.9 Å². The molecule has 3 aliphatic rings. The minimum atomic E-state index is -0.555. The molecule has 112 valence electrons. The van der Waals surface area contributed by atoms with Gasteiger partial charge in [-0.25, -0.2) is 4.79 Å². The molecule has 0 radical (unpaired) electrons. The van der Waals surface area contributed by atoms with Gasteiger partial charge in [0.2, 0.25) is 0 Å². The SMILES string of the molecule is CCC(C)(C)C(=O)OCC1CC2SC1C1OC(=O)OC21. The molecule has 0 spiro atoms. The van der Waals surface area contributed by atoms with Gasteiger partial charge in [0.25, 0.3) is 0 Å². The van der Waals surface area contributed by atoms with Crippen molar-refractivity contribution in [3.63, 3.8) is 0 Å². The fourth-order valence-corrected chi connectivity index (χ4v) is 4.87. The van der Waals surface area contributed by atoms with E-state index in [4.69, 9.17) is 14.2 Å². The summed E-state index contributed by atoms with van der Waals surface area (Å²) in [5.41, 5.74) is -0.434. The molecule has 0 aliphatic carbocycles. The monoisotopic (exact) mass is 300 g/mol. The van der Waals surface area contributed by atoms with Crippen LogP contribution in [0.5, 0.6) is 0 Å². The average molecular weight is 300 g/mol. The molecule has 0 N–H and O–H groups in total. The molecule has 3 heterocycles. The molecule has 0 saturated carbocycles. The summed E-state index contributed by atoms with van der Waals surface area (Å²) in [6.45, 7) is 6.19. The van der Waals surface area contributed by atoms with Crippen LogP contribution in [-0.2, 0) is 19.0 Å². The second-order valence-electron chi connectivity index (χ2n) is 6.39. The molecule has 3 saturated heterocycles. The first-order valence-corrected chi connectivity index (χ1v) is 8.06. The van der Waals surface area contributed by atoms with Crippen LogP contribution in [0.25, 0.3) is 0 Å². The van der Waals surface area contributed by atoms with Gasteiger partial charge in [0.15, 0.2) is 12.2 Å². The van der Waals surface area contributed by atoms with Gasteiger partial charge in [-0.2, -0.15) is 0 Å². The predicted octanol–water partition coefficient (Wildman–Crippen LogP) is 2.37. The standard InChI is InChI=1S/C14H20O5S/c1-4-14(2,3)12(15)17-6-7-5-8-9-10(11(7)20-8)19-13(16)18-9/h7-11H,4-6H2,1-3H3. The van der Waals surface area contributed by atoms with E-state index < -0.39 is 11.6 Å². The summed E-state index contributed by atoms with van der Waals surface area (Å²) in [5, 5.41) is 0.494. The van der Waals surface area contributed by atoms with E-state index >= 15 is 0 Å². The molecule has 20 heavy (non-hydrogen) atoms. The zero-order chi connectivity index (χ0) is 14.5. The van der Waals surface area contributed by atoms with E-state index in [2.05, 4.69) is 0 Å². The highest BCUT2D eigenvalue weighted by atomic mass is 32.2. The average Bonchev–Trinajstić information content (AvgIpc) is 3.05. The Labute approximate surface area is 122 Å². The van der Waals surface area contributed by atoms with Crippen LogP contribution in [0.3, 0.4) is 0 Å². The number of hydrogen-bond acceptors (Lipinski definition) is 6. The maximum atomic E-state index is 12.0. The Hall–Kier alpha value is -0.910. The van der Waals surface area contributed by atoms with E-state index in [-0.39, 0.29) is 29.3 Å². The van der Waals surface area contributed by atoms with Gasteiger partial charge < -0.3 is 14.2 Å². The van der Waals surface area contributed by atoms with Gasteiger partial charge in [0.05, 0.1) is 17.3 Å². The fraction of sp³-hybridized carbons (Fsp3) is 0.857. The quantitative estimate of drug-likeness (QED) is 0.743. The molecule has 3 rings (SSSR count). The van der Waals surface area contributed by atoms with Crippen LogP contribution in [0.4, 0.5) is 4.79 Å². The van der Waals surface area contributed by atoms with E-state index in [0.29, 0.717) is 11.9 Å². The van der Waals surface area contributed by atoms with Crippen LogP contribution >= 0.6 is 11.8 Å². The molecular formula is C14H20O5S. The minimum Gasteiger partial charge on any atom is -0.465 e. The molecule has 5 atom stereocenters. The summed E-state index contributed by atoms with van der Waals surface area (Å²) in [4.78, 5) is 23.2. The number of carbonyl (C=O) groups excluding carboxylic acids is 2. The summed E-state index contributed by atoms with van der Waals surface area (Å²) < 4.78 is 15.9. The van der Waals surface area contributed by atoms with Crippen molar-refractivity contribution in [3.05, 3.63) is 0 Å². The molecule has 3 fully saturated rings. The number of hydrogen-bond donors (Lipinski definition) is 0. The van der Waals surface area contributed by atoms with Crippen molar-refractivity contribution in [1.82, 2.24) is 0 Å². The zero-order valence-corrected chi connectivity index (χ0v) is 12.8. The highest BCUT2D eigenvalue weighted by Gasteiger charge is 2.60. The van der Waals surface area contributed by atoms with Crippen LogP contribution < -0.4 is 0 Å². The van der Waals surface area contributed by atoms with E-state index in [1.54, 1.807) is 11.8 Å². The fourth-order valence-electron chi connectivity index (χ4n) is 2.97. The maximum Gasteiger partial charge on any atom is 0.509 e. The van der Waals surface area contributed by atoms with Crippen molar-refractivity contribution < 1.29 is 23.8 Å². The Morgan fingerprint density at radius 3 is 2.80 bits per heavy atom. The topological polar surface area (TPSA) is 61.8 Å². The lowest BCUT2D eigenvalue weighted by molar-refractivity contribution is -0.156. The third kappa shape index (κ3) is 2.18. The second-order valence-corrected chi connectivity index (χ2v) is 7.81. The number of ether oxygens (including phenoxy) is 3. The summed E-state index contributed by atoms with van der Waals surface area (Å²) >= 11 is 1.81. The van der Waals surface area contributed by atoms with Crippen molar-refractivity contribution in [1.29, 1.82) is 0 Å². The number of carbonyl (C=O) groups is 2. The molecule has 0 aromatic carbocycles. The van der Waals surface area contributed by atoms with Crippen molar-refractivity contribution in [2.24, 2.45) is 11.3 Å². The molecule has 3 aliphatic heterocycles. The van der Waals surface area contributed by atoms with Gasteiger partial charge in [-0.1, -0.05) is 6.92 Å². The number of thioether (sulfide) groups is 1. The van der Waals surface area contributed by atoms with Crippen LogP contribution in [0.1, 0.15) is 33.6 Å². The highest BCUT2D eigenvalue weighted by Crippen LogP contribution is 2.53. The second kappa shape index (κ2) is 4.83. The number of esters is 1. The minimum absolute atomic E-state index is 0.100. The maximum absolute atomic E-state index is 12.0. The Balaban J connectivity index is 1.56. The molecule has 6 heteroatoms. The predicted molar refractivity (Wildman–Crippen MR) is 73.4 cm³/mol. The summed E-state index contributed by atoms with van der Waals surface area (Å²) in [6, 6.07) is 0. The van der Waals surface area contributed by atoms with Gasteiger partial charge in [-0.3, -0.25) is 4.79 Å². The molecule has 0 aromatic rings. The van der Waals surface area contributed by atoms with Crippen LogP contribution in [0, 0.1) is 11.3 Å². The third-order valence-corrected chi connectivity index (χ3v) is 6.45. The number of fused-ring (bicyclic) bond motifs is 5. The van der Waals surface area contributed by atoms with Gasteiger partial charge in [-0.15, -0.1) is 11.8 Å². The van der Waals surface area contributed by atoms with E-state index in [1.807, 2.05) is 20.8 Å². The molecular weight excluding hydrogens is 280 g/mol. The van der Waals surface area contributed by atoms with Gasteiger partial charge >= 0.3 is 12.1 Å².